The van der Waals surface area contributed by atoms with E-state index in [1.807, 2.05) is 26.0 Å². The van der Waals surface area contributed by atoms with Crippen molar-refractivity contribution in [3.05, 3.63) is 34.4 Å². The highest BCUT2D eigenvalue weighted by molar-refractivity contribution is 8.00. The van der Waals surface area contributed by atoms with E-state index in [1.165, 1.54) is 5.56 Å². The highest BCUT2D eigenvalue weighted by Gasteiger charge is 2.90. The number of thioether (sulfide) groups is 1. The van der Waals surface area contributed by atoms with Gasteiger partial charge < -0.3 is 34.5 Å². The van der Waals surface area contributed by atoms with Gasteiger partial charge in [0.15, 0.2) is 5.60 Å². The molecule has 8 heteroatoms. The van der Waals surface area contributed by atoms with Crippen LogP contribution in [-0.2, 0) is 20.6 Å². The maximum absolute atomic E-state index is 12.0. The maximum atomic E-state index is 12.0. The van der Waals surface area contributed by atoms with Crippen LogP contribution in [0.1, 0.15) is 55.5 Å². The van der Waals surface area contributed by atoms with E-state index in [-0.39, 0.29) is 29.6 Å². The predicted molar refractivity (Wildman–Crippen MR) is 148 cm³/mol. The summed E-state index contributed by atoms with van der Waals surface area (Å²) in [6.07, 6.45) is 1.29. The molecule has 1 spiro atoms. The Morgan fingerprint density at radius 3 is 2.58 bits per heavy atom. The van der Waals surface area contributed by atoms with Gasteiger partial charge in [0, 0.05) is 39.9 Å². The van der Waals surface area contributed by atoms with Crippen LogP contribution in [0.5, 0.6) is 17.2 Å². The lowest BCUT2D eigenvalue weighted by molar-refractivity contribution is -0.235. The van der Waals surface area contributed by atoms with Crippen molar-refractivity contribution in [3.63, 3.8) is 0 Å². The fourth-order valence-electron chi connectivity index (χ4n) is 7.89. The number of aryl methyl sites for hydroxylation is 3. The number of aromatic hydroxyl groups is 2. The molecule has 38 heavy (non-hydrogen) atoms. The molecule has 5 aliphatic heterocycles. The van der Waals surface area contributed by atoms with Gasteiger partial charge in [0.25, 0.3) is 0 Å². The molecule has 0 aliphatic carbocycles. The lowest BCUT2D eigenvalue weighted by atomic mass is 9.78. The Balaban J connectivity index is 1.46. The summed E-state index contributed by atoms with van der Waals surface area (Å²) in [6.45, 7) is 11.8. The summed E-state index contributed by atoms with van der Waals surface area (Å²) < 4.78 is 26.9. The van der Waals surface area contributed by atoms with Gasteiger partial charge in [-0.2, -0.15) is 0 Å². The van der Waals surface area contributed by atoms with Crippen molar-refractivity contribution < 1.29 is 29.2 Å². The first kappa shape index (κ1) is 23.5. The summed E-state index contributed by atoms with van der Waals surface area (Å²) in [5.41, 5.74) is 4.27. The normalized spacial score (nSPS) is 34.1. The Morgan fingerprint density at radius 1 is 1.11 bits per heavy atom. The first-order chi connectivity index (χ1) is 18.2. The second-order valence-electron chi connectivity index (χ2n) is 11.8. The van der Waals surface area contributed by atoms with Crippen LogP contribution in [0.4, 0.5) is 5.69 Å². The number of benzene rings is 3. The van der Waals surface area contributed by atoms with Crippen molar-refractivity contribution >= 4 is 39.0 Å². The van der Waals surface area contributed by atoms with Gasteiger partial charge in [-0.1, -0.05) is 20.8 Å². The van der Waals surface area contributed by atoms with Gasteiger partial charge in [0.05, 0.1) is 12.0 Å². The maximum Gasteiger partial charge on any atom is 0.220 e. The van der Waals surface area contributed by atoms with Crippen LogP contribution in [0.25, 0.3) is 21.5 Å². The van der Waals surface area contributed by atoms with E-state index in [9.17, 15) is 10.2 Å². The smallest absolute Gasteiger partial charge is 0.220 e. The molecule has 3 fully saturated rings. The minimum absolute atomic E-state index is 0.0606. The van der Waals surface area contributed by atoms with Crippen molar-refractivity contribution in [1.29, 1.82) is 0 Å². The average molecular weight is 536 g/mol. The SMILES string of the molecule is CCSC12Oc3c(c(C)cc4c(O)c5cc6c(c(C)c5c(O)c34)NCCC6)[C@H]3OC(C(C)C)(OC31)C21CO1. The topological polar surface area (TPSA) is 92.7 Å². The van der Waals surface area contributed by atoms with E-state index in [0.717, 1.165) is 47.5 Å². The number of hydrogen-bond acceptors (Lipinski definition) is 8. The predicted octanol–water partition coefficient (Wildman–Crippen LogP) is 5.81. The van der Waals surface area contributed by atoms with Crippen molar-refractivity contribution in [2.24, 2.45) is 5.92 Å². The first-order valence-electron chi connectivity index (χ1n) is 13.7. The van der Waals surface area contributed by atoms with Crippen molar-refractivity contribution in [2.45, 2.75) is 76.0 Å². The molecule has 5 heterocycles. The molecule has 5 aliphatic rings. The molecule has 200 valence electrons. The number of anilines is 1. The van der Waals surface area contributed by atoms with Crippen molar-refractivity contribution in [3.8, 4) is 17.2 Å². The molecule has 0 aromatic heterocycles. The third kappa shape index (κ3) is 2.38. The number of fused-ring (bicyclic) bond motifs is 9. The quantitative estimate of drug-likeness (QED) is 0.220. The molecule has 3 N–H and O–H groups in total. The van der Waals surface area contributed by atoms with Crippen LogP contribution < -0.4 is 10.1 Å². The molecule has 7 nitrogen and oxygen atoms in total. The standard InChI is InChI=1S/C30H33NO6S/c1-6-38-30-27-26(35-29(37-27,13(2)3)28(30)12-34-28)19-14(4)10-17-21(25(19)36-30)24(33)20-15(5)22-16(8-7-9-31-22)11-18(20)23(17)32/h10-11,13,26-27,31-33H,6-9,12H2,1-5H3/t26-,27?,28?,29?,30?/m1/s1. The Labute approximate surface area is 225 Å². The molecule has 5 atom stereocenters. The Morgan fingerprint density at radius 2 is 1.87 bits per heavy atom. The lowest BCUT2D eigenvalue weighted by Crippen LogP contribution is -2.65. The van der Waals surface area contributed by atoms with Gasteiger partial charge in [0.1, 0.15) is 29.5 Å². The number of hydrogen-bond donors (Lipinski definition) is 3. The Kier molecular flexibility index (Phi) is 4.46. The molecular formula is C30H33NO6S. The average Bonchev–Trinajstić information content (AvgIpc) is 3.54. The summed E-state index contributed by atoms with van der Waals surface area (Å²) >= 11 is 1.70. The van der Waals surface area contributed by atoms with E-state index in [1.54, 1.807) is 11.8 Å². The number of nitrogens with one attached hydrogen (secondary N) is 1. The van der Waals surface area contributed by atoms with Crippen LogP contribution in [0.3, 0.4) is 0 Å². The molecule has 0 radical (unpaired) electrons. The number of rotatable bonds is 3. The summed E-state index contributed by atoms with van der Waals surface area (Å²) in [5.74, 6) is 0.848. The highest BCUT2D eigenvalue weighted by atomic mass is 32.2. The largest absolute Gasteiger partial charge is 0.507 e. The van der Waals surface area contributed by atoms with Gasteiger partial charge >= 0.3 is 0 Å². The summed E-state index contributed by atoms with van der Waals surface area (Å²) in [4.78, 5) is -0.813. The second-order valence-corrected chi connectivity index (χ2v) is 13.2. The summed E-state index contributed by atoms with van der Waals surface area (Å²) in [7, 11) is 0. The third-order valence-electron chi connectivity index (χ3n) is 9.56. The number of phenols is 2. The van der Waals surface area contributed by atoms with Gasteiger partial charge in [-0.15, -0.1) is 11.8 Å². The molecule has 8 rings (SSSR count). The summed E-state index contributed by atoms with van der Waals surface area (Å²) in [5, 5.41) is 29.6. The van der Waals surface area contributed by atoms with Gasteiger partial charge in [-0.3, -0.25) is 0 Å². The second kappa shape index (κ2) is 7.22. The zero-order chi connectivity index (χ0) is 26.4. The van der Waals surface area contributed by atoms with Crippen LogP contribution in [0.2, 0.25) is 0 Å². The zero-order valence-electron chi connectivity index (χ0n) is 22.4. The van der Waals surface area contributed by atoms with Gasteiger partial charge in [-0.25, -0.2) is 0 Å². The van der Waals surface area contributed by atoms with E-state index in [4.69, 9.17) is 18.9 Å². The first-order valence-corrected chi connectivity index (χ1v) is 14.7. The third-order valence-corrected chi connectivity index (χ3v) is 10.9. The fourth-order valence-corrected chi connectivity index (χ4v) is 9.29. The molecular weight excluding hydrogens is 502 g/mol. The summed E-state index contributed by atoms with van der Waals surface area (Å²) in [6, 6.07) is 3.99. The zero-order valence-corrected chi connectivity index (χ0v) is 23.2. The van der Waals surface area contributed by atoms with Gasteiger partial charge in [0.2, 0.25) is 10.7 Å². The van der Waals surface area contributed by atoms with Crippen molar-refractivity contribution in [1.82, 2.24) is 0 Å². The molecule has 2 bridgehead atoms. The molecule has 0 saturated carbocycles. The Hall–Kier alpha value is -2.39. The van der Waals surface area contributed by atoms with Crippen molar-refractivity contribution in [2.75, 3.05) is 24.2 Å². The lowest BCUT2D eigenvalue weighted by Gasteiger charge is -2.50. The van der Waals surface area contributed by atoms with E-state index in [0.29, 0.717) is 33.9 Å². The Bertz CT molecular complexity index is 1580. The monoisotopic (exact) mass is 535 g/mol. The number of phenolic OH excluding ortho intramolecular Hbond substituents is 2. The molecule has 3 saturated heterocycles. The minimum atomic E-state index is -0.890. The molecule has 3 aromatic rings. The fraction of sp³-hybridized carbons (Fsp3) is 0.533. The van der Waals surface area contributed by atoms with E-state index in [2.05, 4.69) is 26.1 Å². The van der Waals surface area contributed by atoms with Crippen LogP contribution in [0, 0.1) is 19.8 Å². The molecule has 3 aromatic carbocycles. The minimum Gasteiger partial charge on any atom is -0.507 e. The van der Waals surface area contributed by atoms with E-state index >= 15 is 0 Å². The number of epoxide rings is 1. The van der Waals surface area contributed by atoms with Crippen LogP contribution in [0.15, 0.2) is 12.1 Å². The number of ether oxygens (including phenoxy) is 4. The highest BCUT2D eigenvalue weighted by Crippen LogP contribution is 2.74. The van der Waals surface area contributed by atoms with Crippen LogP contribution in [-0.4, -0.2) is 51.5 Å². The van der Waals surface area contributed by atoms with Gasteiger partial charge in [-0.05, 0) is 61.3 Å². The van der Waals surface area contributed by atoms with Crippen LogP contribution >= 0.6 is 11.8 Å². The molecule has 0 amide bonds. The van der Waals surface area contributed by atoms with E-state index < -0.39 is 16.3 Å². The molecule has 4 unspecified atom stereocenters.